The molecular weight excluding hydrogens is 262 g/mol. The number of phenols is 1. The van der Waals surface area contributed by atoms with Crippen LogP contribution >= 0.6 is 0 Å². The van der Waals surface area contributed by atoms with Gasteiger partial charge in [0.1, 0.15) is 19.2 Å². The van der Waals surface area contributed by atoms with Crippen molar-refractivity contribution in [1.82, 2.24) is 20.2 Å². The average molecular weight is 275 g/mol. The third kappa shape index (κ3) is 3.55. The van der Waals surface area contributed by atoms with Crippen molar-refractivity contribution in [2.75, 3.05) is 7.11 Å². The molecule has 104 valence electrons. The Kier molecular flexibility index (Phi) is 4.28. The van der Waals surface area contributed by atoms with E-state index in [1.54, 1.807) is 12.1 Å². The normalized spacial score (nSPS) is 10.7. The molecule has 1 heterocycles. The number of carbonyl (C=O) groups is 1. The highest BCUT2D eigenvalue weighted by Gasteiger charge is 2.02. The number of hydrogen-bond acceptors (Lipinski definition) is 6. The van der Waals surface area contributed by atoms with Gasteiger partial charge < -0.3 is 9.84 Å². The van der Waals surface area contributed by atoms with Gasteiger partial charge in [-0.15, -0.1) is 0 Å². The molecule has 1 aromatic heterocycles. The maximum atomic E-state index is 11.5. The molecule has 0 radical (unpaired) electrons. The minimum Gasteiger partial charge on any atom is -0.504 e. The quantitative estimate of drug-likeness (QED) is 0.597. The lowest BCUT2D eigenvalue weighted by Crippen LogP contribution is -2.23. The van der Waals surface area contributed by atoms with E-state index in [9.17, 15) is 9.90 Å². The highest BCUT2D eigenvalue weighted by atomic mass is 16.5. The summed E-state index contributed by atoms with van der Waals surface area (Å²) in [6.45, 7) is 0.0329. The zero-order valence-corrected chi connectivity index (χ0v) is 10.7. The van der Waals surface area contributed by atoms with Gasteiger partial charge in [-0.25, -0.2) is 15.1 Å². The van der Waals surface area contributed by atoms with Crippen molar-refractivity contribution in [2.45, 2.75) is 6.54 Å². The van der Waals surface area contributed by atoms with Crippen LogP contribution in [-0.2, 0) is 11.3 Å². The number of aromatic nitrogens is 3. The van der Waals surface area contributed by atoms with Gasteiger partial charge in [0.25, 0.3) is 5.91 Å². The molecule has 0 bridgehead atoms. The van der Waals surface area contributed by atoms with Crippen LogP contribution in [0.5, 0.6) is 11.5 Å². The van der Waals surface area contributed by atoms with E-state index >= 15 is 0 Å². The first-order valence-electron chi connectivity index (χ1n) is 5.70. The Balaban J connectivity index is 1.89. The molecule has 0 saturated heterocycles. The third-order valence-corrected chi connectivity index (χ3v) is 2.38. The summed E-state index contributed by atoms with van der Waals surface area (Å²) < 4.78 is 6.30. The fraction of sp³-hybridized carbons (Fsp3) is 0.167. The number of hydrazone groups is 1. The first-order valence-corrected chi connectivity index (χ1v) is 5.70. The second kappa shape index (κ2) is 6.32. The maximum absolute atomic E-state index is 11.5. The first-order chi connectivity index (χ1) is 9.69. The van der Waals surface area contributed by atoms with E-state index in [1.165, 1.54) is 36.7 Å². The predicted molar refractivity (Wildman–Crippen MR) is 70.4 cm³/mol. The van der Waals surface area contributed by atoms with Crippen LogP contribution in [-0.4, -0.2) is 39.1 Å². The van der Waals surface area contributed by atoms with Crippen LogP contribution in [0, 0.1) is 0 Å². The number of phenolic OH excluding ortho intramolecular Hbond substituents is 1. The lowest BCUT2D eigenvalue weighted by molar-refractivity contribution is -0.121. The fourth-order valence-corrected chi connectivity index (χ4v) is 1.46. The van der Waals surface area contributed by atoms with Crippen LogP contribution < -0.4 is 10.2 Å². The molecule has 0 atom stereocenters. The molecule has 0 saturated carbocycles. The van der Waals surface area contributed by atoms with Gasteiger partial charge in [-0.05, 0) is 23.8 Å². The molecule has 0 unspecified atom stereocenters. The highest BCUT2D eigenvalue weighted by Crippen LogP contribution is 2.25. The number of benzene rings is 1. The number of rotatable bonds is 5. The summed E-state index contributed by atoms with van der Waals surface area (Å²) in [6.07, 6.45) is 4.19. The van der Waals surface area contributed by atoms with Crippen LogP contribution in [0.2, 0.25) is 0 Å². The summed E-state index contributed by atoms with van der Waals surface area (Å²) in [4.78, 5) is 15.2. The Bertz CT molecular complexity index is 610. The Morgan fingerprint density at radius 2 is 2.45 bits per heavy atom. The topological polar surface area (TPSA) is 102 Å². The van der Waals surface area contributed by atoms with Crippen LogP contribution in [0.15, 0.2) is 36.0 Å². The molecule has 0 aliphatic heterocycles. The van der Waals surface area contributed by atoms with E-state index in [2.05, 4.69) is 20.6 Å². The third-order valence-electron chi connectivity index (χ3n) is 2.38. The minimum atomic E-state index is -0.329. The Morgan fingerprint density at radius 1 is 1.60 bits per heavy atom. The first kappa shape index (κ1) is 13.5. The largest absolute Gasteiger partial charge is 0.504 e. The van der Waals surface area contributed by atoms with E-state index in [0.717, 1.165) is 0 Å². The smallest absolute Gasteiger partial charge is 0.261 e. The lowest BCUT2D eigenvalue weighted by atomic mass is 10.2. The van der Waals surface area contributed by atoms with Gasteiger partial charge >= 0.3 is 0 Å². The van der Waals surface area contributed by atoms with Gasteiger partial charge in [-0.2, -0.15) is 10.2 Å². The molecule has 1 aromatic carbocycles. The number of carbonyl (C=O) groups excluding carboxylic acids is 1. The Labute approximate surface area is 114 Å². The van der Waals surface area contributed by atoms with Crippen molar-refractivity contribution < 1.29 is 14.6 Å². The number of hydrogen-bond donors (Lipinski definition) is 2. The molecule has 0 aliphatic carbocycles. The molecule has 2 aromatic rings. The summed E-state index contributed by atoms with van der Waals surface area (Å²) in [7, 11) is 1.47. The molecular formula is C12H13N5O3. The zero-order valence-electron chi connectivity index (χ0n) is 10.7. The van der Waals surface area contributed by atoms with Gasteiger partial charge in [0.2, 0.25) is 0 Å². The summed E-state index contributed by atoms with van der Waals surface area (Å²) in [5.41, 5.74) is 2.98. The number of aromatic hydroxyl groups is 1. The van der Waals surface area contributed by atoms with Crippen molar-refractivity contribution in [3.05, 3.63) is 36.4 Å². The van der Waals surface area contributed by atoms with E-state index in [0.29, 0.717) is 11.3 Å². The zero-order chi connectivity index (χ0) is 14.4. The van der Waals surface area contributed by atoms with Crippen molar-refractivity contribution in [3.8, 4) is 11.5 Å². The summed E-state index contributed by atoms with van der Waals surface area (Å²) in [6, 6.07) is 4.78. The minimum absolute atomic E-state index is 0.00499. The molecule has 20 heavy (non-hydrogen) atoms. The number of nitrogens with one attached hydrogen (secondary N) is 1. The molecule has 2 N–H and O–H groups in total. The molecule has 0 fully saturated rings. The molecule has 8 nitrogen and oxygen atoms in total. The van der Waals surface area contributed by atoms with Crippen molar-refractivity contribution in [3.63, 3.8) is 0 Å². The van der Waals surface area contributed by atoms with Gasteiger partial charge in [-0.3, -0.25) is 4.79 Å². The van der Waals surface area contributed by atoms with Crippen LogP contribution in [0.1, 0.15) is 5.56 Å². The summed E-state index contributed by atoms with van der Waals surface area (Å²) in [5, 5.41) is 17.2. The molecule has 0 spiro atoms. The predicted octanol–water partition coefficient (Wildman–Crippen LogP) is 0.143. The van der Waals surface area contributed by atoms with Gasteiger partial charge in [-0.1, -0.05) is 0 Å². The van der Waals surface area contributed by atoms with E-state index in [4.69, 9.17) is 4.74 Å². The van der Waals surface area contributed by atoms with Crippen LogP contribution in [0.4, 0.5) is 0 Å². The van der Waals surface area contributed by atoms with E-state index < -0.39 is 0 Å². The van der Waals surface area contributed by atoms with Crippen LogP contribution in [0.25, 0.3) is 0 Å². The maximum Gasteiger partial charge on any atom is 0.261 e. The molecule has 1 amide bonds. The lowest BCUT2D eigenvalue weighted by Gasteiger charge is -2.03. The number of methoxy groups -OCH3 is 1. The standard InChI is InChI=1S/C12H13N5O3/c1-20-11-3-2-9(4-10(11)18)5-14-16-12(19)6-17-8-13-7-15-17/h2-5,7-8,18H,6H2,1H3,(H,16,19)/b14-5+. The average Bonchev–Trinajstić information content (AvgIpc) is 2.92. The fourth-order valence-electron chi connectivity index (χ4n) is 1.46. The Hall–Kier alpha value is -2.90. The number of amides is 1. The number of nitrogens with zero attached hydrogens (tertiary/aromatic N) is 4. The van der Waals surface area contributed by atoms with Gasteiger partial charge in [0, 0.05) is 0 Å². The van der Waals surface area contributed by atoms with Crippen molar-refractivity contribution in [1.29, 1.82) is 0 Å². The highest BCUT2D eigenvalue weighted by molar-refractivity contribution is 5.83. The van der Waals surface area contributed by atoms with Crippen molar-refractivity contribution in [2.24, 2.45) is 5.10 Å². The van der Waals surface area contributed by atoms with Crippen LogP contribution in [0.3, 0.4) is 0 Å². The van der Waals surface area contributed by atoms with E-state index in [1.807, 2.05) is 0 Å². The number of ether oxygens (including phenoxy) is 1. The molecule has 0 aliphatic rings. The van der Waals surface area contributed by atoms with Crippen molar-refractivity contribution >= 4 is 12.1 Å². The second-order valence-electron chi connectivity index (χ2n) is 3.82. The summed E-state index contributed by atoms with van der Waals surface area (Å²) >= 11 is 0. The monoisotopic (exact) mass is 275 g/mol. The van der Waals surface area contributed by atoms with E-state index in [-0.39, 0.29) is 18.2 Å². The SMILES string of the molecule is COc1ccc(/C=N/NC(=O)Cn2cncn2)cc1O. The Morgan fingerprint density at radius 3 is 3.10 bits per heavy atom. The molecule has 8 heteroatoms. The van der Waals surface area contributed by atoms with Gasteiger partial charge in [0.05, 0.1) is 13.3 Å². The summed E-state index contributed by atoms with van der Waals surface area (Å²) in [5.74, 6) is 0.0484. The molecule has 2 rings (SSSR count). The van der Waals surface area contributed by atoms with Gasteiger partial charge in [0.15, 0.2) is 11.5 Å². The second-order valence-corrected chi connectivity index (χ2v) is 3.82.